The van der Waals surface area contributed by atoms with Crippen molar-refractivity contribution in [3.05, 3.63) is 130 Å². The molecular formula is C49H56N4O. The molecule has 278 valence electrons. The van der Waals surface area contributed by atoms with Crippen molar-refractivity contribution in [2.45, 2.75) is 107 Å². The molecule has 0 N–H and O–H groups in total. The molecule has 0 atom stereocenters. The number of hydrogen-bond donors (Lipinski definition) is 0. The summed E-state index contributed by atoms with van der Waals surface area (Å²) in [4.78, 5) is 4.88. The molecule has 54 heavy (non-hydrogen) atoms. The maximum atomic E-state index is 6.89. The summed E-state index contributed by atoms with van der Waals surface area (Å²) in [6.45, 7) is 22.5. The molecule has 7 aromatic rings. The van der Waals surface area contributed by atoms with Crippen molar-refractivity contribution in [3.63, 3.8) is 0 Å². The summed E-state index contributed by atoms with van der Waals surface area (Å²) in [6, 6.07) is 30.7. The molecule has 0 bridgehead atoms. The standard InChI is InChI=1S/C49H56N4O/c1-11-15-42-48(47-33(6)24-32(5)25-34(47)7)44(16-12-2)53(51-42)37-27-36(49(8,9)10)28-39(29-37)54-38-19-20-41-40-17-13-14-18-43(40)52(45(41)30-38)46-26-35(21-22-50-46)23-31(3)4/h13-14,17-22,24-31H,11-12,15-16,23H2,1-10H3. The van der Waals surface area contributed by atoms with Gasteiger partial charge >= 0.3 is 0 Å². The van der Waals surface area contributed by atoms with Crippen LogP contribution in [0.1, 0.15) is 101 Å². The zero-order valence-corrected chi connectivity index (χ0v) is 34.0. The van der Waals surface area contributed by atoms with Crippen molar-refractivity contribution >= 4 is 21.8 Å². The molecule has 0 aliphatic heterocycles. The maximum Gasteiger partial charge on any atom is 0.137 e. The highest BCUT2D eigenvalue weighted by Crippen LogP contribution is 2.40. The van der Waals surface area contributed by atoms with Crippen molar-refractivity contribution in [2.24, 2.45) is 5.92 Å². The molecule has 7 rings (SSSR count). The van der Waals surface area contributed by atoms with Gasteiger partial charge in [-0.25, -0.2) is 9.67 Å². The Labute approximate surface area is 322 Å². The van der Waals surface area contributed by atoms with Gasteiger partial charge < -0.3 is 4.74 Å². The largest absolute Gasteiger partial charge is 0.457 e. The minimum absolute atomic E-state index is 0.103. The van der Waals surface area contributed by atoms with Crippen LogP contribution in [0.15, 0.2) is 91.1 Å². The Morgan fingerprint density at radius 3 is 2.15 bits per heavy atom. The van der Waals surface area contributed by atoms with Gasteiger partial charge in [-0.2, -0.15) is 5.10 Å². The summed E-state index contributed by atoms with van der Waals surface area (Å²) in [5.74, 6) is 3.08. The molecule has 0 saturated carbocycles. The highest BCUT2D eigenvalue weighted by molar-refractivity contribution is 6.09. The van der Waals surface area contributed by atoms with Crippen LogP contribution >= 0.6 is 0 Å². The maximum absolute atomic E-state index is 6.89. The SMILES string of the molecule is CCCc1nn(-c2cc(Oc3ccc4c5ccccc5n(-c5cc(CC(C)C)ccn5)c4c3)cc(C(C)(C)C)c2)c(CCC)c1-c1c(C)cc(C)cc1C. The van der Waals surface area contributed by atoms with E-state index in [2.05, 4.69) is 163 Å². The summed E-state index contributed by atoms with van der Waals surface area (Å²) >= 11 is 0. The number of benzene rings is 4. The Morgan fingerprint density at radius 2 is 1.44 bits per heavy atom. The Hall–Kier alpha value is -5.16. The lowest BCUT2D eigenvalue weighted by molar-refractivity contribution is 0.478. The molecule has 0 aliphatic carbocycles. The molecule has 0 spiro atoms. The van der Waals surface area contributed by atoms with Gasteiger partial charge in [0, 0.05) is 34.7 Å². The molecule has 0 radical (unpaired) electrons. The van der Waals surface area contributed by atoms with E-state index in [0.29, 0.717) is 5.92 Å². The van der Waals surface area contributed by atoms with E-state index in [1.54, 1.807) is 0 Å². The van der Waals surface area contributed by atoms with Crippen LogP contribution in [0, 0.1) is 26.7 Å². The number of aryl methyl sites for hydroxylation is 4. The van der Waals surface area contributed by atoms with Crippen molar-refractivity contribution < 1.29 is 4.74 Å². The van der Waals surface area contributed by atoms with Crippen LogP contribution in [0.4, 0.5) is 0 Å². The lowest BCUT2D eigenvalue weighted by Gasteiger charge is -2.22. The number of ether oxygens (including phenoxy) is 1. The Morgan fingerprint density at radius 1 is 0.722 bits per heavy atom. The van der Waals surface area contributed by atoms with Crippen LogP contribution in [0.3, 0.4) is 0 Å². The van der Waals surface area contributed by atoms with Gasteiger partial charge in [0.1, 0.15) is 17.3 Å². The van der Waals surface area contributed by atoms with E-state index in [1.165, 1.54) is 61.1 Å². The first-order valence-corrected chi connectivity index (χ1v) is 19.9. The van der Waals surface area contributed by atoms with Gasteiger partial charge in [-0.3, -0.25) is 4.57 Å². The third-order valence-electron chi connectivity index (χ3n) is 10.5. The summed E-state index contributed by atoms with van der Waals surface area (Å²) < 4.78 is 11.4. The molecule has 3 heterocycles. The van der Waals surface area contributed by atoms with Crippen LogP contribution in [-0.4, -0.2) is 19.3 Å². The number of nitrogens with zero attached hydrogens (tertiary/aromatic N) is 4. The van der Waals surface area contributed by atoms with Crippen LogP contribution in [0.2, 0.25) is 0 Å². The molecule has 0 unspecified atom stereocenters. The number of pyridine rings is 1. The predicted octanol–water partition coefficient (Wildman–Crippen LogP) is 13.1. The first-order chi connectivity index (χ1) is 25.9. The summed E-state index contributed by atoms with van der Waals surface area (Å²) in [7, 11) is 0. The van der Waals surface area contributed by atoms with E-state index < -0.39 is 0 Å². The third kappa shape index (κ3) is 7.21. The molecule has 5 nitrogen and oxygen atoms in total. The average Bonchev–Trinajstić information content (AvgIpc) is 3.62. The summed E-state index contributed by atoms with van der Waals surface area (Å²) in [5.41, 5.74) is 14.6. The van der Waals surface area contributed by atoms with Crippen LogP contribution in [0.5, 0.6) is 11.5 Å². The fourth-order valence-electron chi connectivity index (χ4n) is 8.24. The van der Waals surface area contributed by atoms with Gasteiger partial charge in [0.2, 0.25) is 0 Å². The van der Waals surface area contributed by atoms with Gasteiger partial charge in [-0.15, -0.1) is 0 Å². The van der Waals surface area contributed by atoms with Crippen molar-refractivity contribution in [1.82, 2.24) is 19.3 Å². The van der Waals surface area contributed by atoms with Crippen molar-refractivity contribution in [2.75, 3.05) is 0 Å². The van der Waals surface area contributed by atoms with Gasteiger partial charge in [0.05, 0.1) is 28.1 Å². The van der Waals surface area contributed by atoms with Crippen molar-refractivity contribution in [3.8, 4) is 34.1 Å². The van der Waals surface area contributed by atoms with Gasteiger partial charge in [0.15, 0.2) is 0 Å². The smallest absolute Gasteiger partial charge is 0.137 e. The molecular weight excluding hydrogens is 661 g/mol. The zero-order valence-electron chi connectivity index (χ0n) is 34.0. The second kappa shape index (κ2) is 14.9. The second-order valence-electron chi connectivity index (χ2n) is 16.7. The Kier molecular flexibility index (Phi) is 10.3. The number of para-hydroxylation sites is 1. The van der Waals surface area contributed by atoms with E-state index in [4.69, 9.17) is 14.8 Å². The zero-order chi connectivity index (χ0) is 38.3. The van der Waals surface area contributed by atoms with E-state index in [9.17, 15) is 0 Å². The topological polar surface area (TPSA) is 44.9 Å². The van der Waals surface area contributed by atoms with Crippen LogP contribution in [0.25, 0.3) is 44.4 Å². The minimum Gasteiger partial charge on any atom is -0.457 e. The van der Waals surface area contributed by atoms with Crippen LogP contribution in [-0.2, 0) is 24.7 Å². The lowest BCUT2D eigenvalue weighted by Crippen LogP contribution is -2.13. The predicted molar refractivity (Wildman–Crippen MR) is 227 cm³/mol. The highest BCUT2D eigenvalue weighted by atomic mass is 16.5. The molecule has 4 aromatic carbocycles. The molecule has 3 aromatic heterocycles. The normalized spacial score (nSPS) is 12.1. The number of aromatic nitrogens is 4. The fraction of sp³-hybridized carbons (Fsp3) is 0.347. The molecule has 0 saturated heterocycles. The quantitative estimate of drug-likeness (QED) is 0.134. The molecule has 0 amide bonds. The van der Waals surface area contributed by atoms with Gasteiger partial charge in [-0.05, 0) is 122 Å². The number of hydrogen-bond acceptors (Lipinski definition) is 3. The average molecular weight is 717 g/mol. The van der Waals surface area contributed by atoms with Gasteiger partial charge in [-0.1, -0.05) is 97.2 Å². The summed E-state index contributed by atoms with van der Waals surface area (Å²) in [5, 5.41) is 7.81. The third-order valence-corrected chi connectivity index (χ3v) is 10.5. The minimum atomic E-state index is -0.103. The van der Waals surface area contributed by atoms with E-state index in [1.807, 2.05) is 6.20 Å². The highest BCUT2D eigenvalue weighted by Gasteiger charge is 2.25. The van der Waals surface area contributed by atoms with Crippen LogP contribution < -0.4 is 4.74 Å². The fourth-order valence-corrected chi connectivity index (χ4v) is 8.24. The Bertz CT molecular complexity index is 2450. The van der Waals surface area contributed by atoms with Crippen molar-refractivity contribution in [1.29, 1.82) is 0 Å². The van der Waals surface area contributed by atoms with E-state index >= 15 is 0 Å². The lowest BCUT2D eigenvalue weighted by atomic mass is 9.86. The van der Waals surface area contributed by atoms with E-state index in [0.717, 1.165) is 66.1 Å². The number of rotatable bonds is 11. The number of fused-ring (bicyclic) bond motifs is 3. The first kappa shape index (κ1) is 37.2. The molecule has 0 fully saturated rings. The second-order valence-corrected chi connectivity index (χ2v) is 16.7. The monoisotopic (exact) mass is 716 g/mol. The molecule has 5 heteroatoms. The molecule has 0 aliphatic rings. The first-order valence-electron chi connectivity index (χ1n) is 19.9. The summed E-state index contributed by atoms with van der Waals surface area (Å²) in [6.07, 6.45) is 6.87. The van der Waals surface area contributed by atoms with E-state index in [-0.39, 0.29) is 5.41 Å². The van der Waals surface area contributed by atoms with Gasteiger partial charge in [0.25, 0.3) is 0 Å². The Balaban J connectivity index is 1.38.